The van der Waals surface area contributed by atoms with E-state index in [1.54, 1.807) is 0 Å². The number of hydrogen-bond donors (Lipinski definition) is 0. The van der Waals surface area contributed by atoms with Gasteiger partial charge in [-0.05, 0) is 20.0 Å². The second-order valence-electron chi connectivity index (χ2n) is 3.44. The number of carbonyl (C=O) groups is 2. The maximum atomic E-state index is 11.2. The van der Waals surface area contributed by atoms with Crippen LogP contribution in [0.15, 0.2) is 0 Å². The van der Waals surface area contributed by atoms with Crippen LogP contribution in [0, 0.1) is 0 Å². The highest BCUT2D eigenvalue weighted by molar-refractivity contribution is 6.01. The van der Waals surface area contributed by atoms with Gasteiger partial charge in [-0.3, -0.25) is 19.4 Å². The molecular formula is C9H16N2O2. The lowest BCUT2D eigenvalue weighted by molar-refractivity contribution is -0.140. The summed E-state index contributed by atoms with van der Waals surface area (Å²) in [6.07, 6.45) is 1.81. The van der Waals surface area contributed by atoms with Crippen molar-refractivity contribution in [2.45, 2.75) is 26.2 Å². The van der Waals surface area contributed by atoms with Crippen molar-refractivity contribution in [1.29, 1.82) is 0 Å². The van der Waals surface area contributed by atoms with Crippen molar-refractivity contribution in [3.05, 3.63) is 0 Å². The lowest BCUT2D eigenvalue weighted by Gasteiger charge is -2.21. The predicted octanol–water partition coefficient (Wildman–Crippen LogP) is 0.435. The molecule has 0 spiro atoms. The van der Waals surface area contributed by atoms with E-state index in [1.807, 2.05) is 11.9 Å². The second kappa shape index (κ2) is 4.37. The van der Waals surface area contributed by atoms with Crippen LogP contribution in [-0.4, -0.2) is 41.9 Å². The van der Waals surface area contributed by atoms with Crippen LogP contribution in [0.5, 0.6) is 0 Å². The summed E-state index contributed by atoms with van der Waals surface area (Å²) in [6.45, 7) is 3.44. The number of carbonyl (C=O) groups excluding carboxylic acids is 2. The fraction of sp³-hybridized carbons (Fsp3) is 0.778. The van der Waals surface area contributed by atoms with E-state index in [4.69, 9.17) is 0 Å². The van der Waals surface area contributed by atoms with Gasteiger partial charge in [0.2, 0.25) is 11.8 Å². The normalized spacial score (nSPS) is 17.6. The molecule has 0 aromatic carbocycles. The van der Waals surface area contributed by atoms with E-state index in [9.17, 15) is 9.59 Å². The molecule has 1 rings (SSSR count). The molecule has 0 unspecified atom stereocenters. The molecule has 1 aliphatic heterocycles. The Kier molecular flexibility index (Phi) is 3.42. The van der Waals surface area contributed by atoms with Crippen molar-refractivity contribution in [3.8, 4) is 0 Å². The molecule has 0 aromatic heterocycles. The monoisotopic (exact) mass is 184 g/mol. The fourth-order valence-corrected chi connectivity index (χ4v) is 1.47. The molecule has 2 amide bonds. The fourth-order valence-electron chi connectivity index (χ4n) is 1.47. The van der Waals surface area contributed by atoms with Crippen molar-refractivity contribution in [2.24, 2.45) is 0 Å². The molecule has 0 saturated carbocycles. The van der Waals surface area contributed by atoms with E-state index in [0.29, 0.717) is 19.5 Å². The number of likely N-dealkylation sites (tertiary alicyclic amines) is 1. The third-order valence-electron chi connectivity index (χ3n) is 2.14. The molecule has 4 nitrogen and oxygen atoms in total. The van der Waals surface area contributed by atoms with Crippen LogP contribution in [0.2, 0.25) is 0 Å². The molecule has 13 heavy (non-hydrogen) atoms. The highest BCUT2D eigenvalue weighted by atomic mass is 16.2. The van der Waals surface area contributed by atoms with Gasteiger partial charge in [-0.1, -0.05) is 6.92 Å². The number of hydrogen-bond acceptors (Lipinski definition) is 3. The summed E-state index contributed by atoms with van der Waals surface area (Å²) in [6, 6.07) is 0. The smallest absolute Gasteiger partial charge is 0.230 e. The van der Waals surface area contributed by atoms with Gasteiger partial charge in [0.25, 0.3) is 0 Å². The van der Waals surface area contributed by atoms with Gasteiger partial charge in [-0.15, -0.1) is 0 Å². The summed E-state index contributed by atoms with van der Waals surface area (Å²) in [5.74, 6) is -0.0686. The molecule has 1 saturated heterocycles. The Bertz CT molecular complexity index is 200. The van der Waals surface area contributed by atoms with Gasteiger partial charge >= 0.3 is 0 Å². The van der Waals surface area contributed by atoms with E-state index < -0.39 is 0 Å². The first-order chi connectivity index (χ1) is 6.15. The molecule has 1 fully saturated rings. The summed E-state index contributed by atoms with van der Waals surface area (Å²) in [5, 5.41) is 0. The molecule has 4 heteroatoms. The Balaban J connectivity index is 2.43. The zero-order valence-electron chi connectivity index (χ0n) is 8.25. The van der Waals surface area contributed by atoms with Crippen molar-refractivity contribution in [2.75, 3.05) is 20.3 Å². The van der Waals surface area contributed by atoms with E-state index in [1.165, 1.54) is 4.90 Å². The van der Waals surface area contributed by atoms with Crippen LogP contribution in [0.25, 0.3) is 0 Å². The lowest BCUT2D eigenvalue weighted by Crippen LogP contribution is -2.39. The maximum absolute atomic E-state index is 11.2. The Morgan fingerprint density at radius 1 is 1.31 bits per heavy atom. The molecule has 0 radical (unpaired) electrons. The van der Waals surface area contributed by atoms with Crippen LogP contribution in [0.3, 0.4) is 0 Å². The Morgan fingerprint density at radius 3 is 2.31 bits per heavy atom. The quantitative estimate of drug-likeness (QED) is 0.595. The van der Waals surface area contributed by atoms with Crippen LogP contribution < -0.4 is 0 Å². The molecule has 0 atom stereocenters. The van der Waals surface area contributed by atoms with Crippen molar-refractivity contribution < 1.29 is 9.59 Å². The average Bonchev–Trinajstić information content (AvgIpc) is 2.36. The van der Waals surface area contributed by atoms with Gasteiger partial charge in [0.15, 0.2) is 0 Å². The Morgan fingerprint density at radius 2 is 1.85 bits per heavy atom. The van der Waals surface area contributed by atoms with Gasteiger partial charge in [0, 0.05) is 12.8 Å². The molecule has 0 aliphatic carbocycles. The average molecular weight is 184 g/mol. The van der Waals surface area contributed by atoms with Crippen molar-refractivity contribution >= 4 is 11.8 Å². The third-order valence-corrected chi connectivity index (χ3v) is 2.14. The lowest BCUT2D eigenvalue weighted by atomic mass is 10.4. The minimum Gasteiger partial charge on any atom is -0.289 e. The SMILES string of the molecule is CCCN(C)CN1C(=O)CCC1=O. The topological polar surface area (TPSA) is 40.6 Å². The standard InChI is InChI=1S/C9H16N2O2/c1-3-6-10(2)7-11-8(12)4-5-9(11)13/h3-7H2,1-2H3. The van der Waals surface area contributed by atoms with E-state index in [2.05, 4.69) is 6.92 Å². The summed E-state index contributed by atoms with van der Waals surface area (Å²) < 4.78 is 0. The van der Waals surface area contributed by atoms with E-state index >= 15 is 0 Å². The van der Waals surface area contributed by atoms with Crippen molar-refractivity contribution in [1.82, 2.24) is 9.80 Å². The second-order valence-corrected chi connectivity index (χ2v) is 3.44. The minimum atomic E-state index is -0.0343. The van der Waals surface area contributed by atoms with Gasteiger partial charge in [-0.25, -0.2) is 0 Å². The van der Waals surface area contributed by atoms with Crippen LogP contribution in [-0.2, 0) is 9.59 Å². The summed E-state index contributed by atoms with van der Waals surface area (Å²) in [5.41, 5.74) is 0. The van der Waals surface area contributed by atoms with Crippen LogP contribution in [0.4, 0.5) is 0 Å². The highest BCUT2D eigenvalue weighted by Gasteiger charge is 2.29. The van der Waals surface area contributed by atoms with E-state index in [0.717, 1.165) is 13.0 Å². The number of imide groups is 1. The van der Waals surface area contributed by atoms with Gasteiger partial charge < -0.3 is 0 Å². The van der Waals surface area contributed by atoms with Gasteiger partial charge in [0.05, 0.1) is 6.67 Å². The van der Waals surface area contributed by atoms with Gasteiger partial charge in [0.1, 0.15) is 0 Å². The van der Waals surface area contributed by atoms with Gasteiger partial charge in [-0.2, -0.15) is 0 Å². The molecular weight excluding hydrogens is 168 g/mol. The molecule has 1 aliphatic rings. The molecule has 1 heterocycles. The summed E-state index contributed by atoms with van der Waals surface area (Å²) >= 11 is 0. The van der Waals surface area contributed by atoms with Crippen LogP contribution >= 0.6 is 0 Å². The number of amides is 2. The predicted molar refractivity (Wildman–Crippen MR) is 48.9 cm³/mol. The first-order valence-corrected chi connectivity index (χ1v) is 4.67. The van der Waals surface area contributed by atoms with E-state index in [-0.39, 0.29) is 11.8 Å². The van der Waals surface area contributed by atoms with Crippen molar-refractivity contribution in [3.63, 3.8) is 0 Å². The Hall–Kier alpha value is -0.900. The first kappa shape index (κ1) is 10.2. The van der Waals surface area contributed by atoms with Crippen LogP contribution in [0.1, 0.15) is 26.2 Å². The largest absolute Gasteiger partial charge is 0.289 e. The minimum absolute atomic E-state index is 0.0343. The number of rotatable bonds is 4. The summed E-state index contributed by atoms with van der Waals surface area (Å²) in [7, 11) is 1.92. The highest BCUT2D eigenvalue weighted by Crippen LogP contribution is 2.11. The maximum Gasteiger partial charge on any atom is 0.230 e. The molecule has 0 N–H and O–H groups in total. The first-order valence-electron chi connectivity index (χ1n) is 4.67. The zero-order chi connectivity index (χ0) is 9.84. The summed E-state index contributed by atoms with van der Waals surface area (Å²) in [4.78, 5) is 25.7. The Labute approximate surface area is 78.5 Å². The third kappa shape index (κ3) is 2.52. The number of nitrogens with zero attached hydrogens (tertiary/aromatic N) is 2. The molecule has 0 bridgehead atoms. The molecule has 0 aromatic rings. The zero-order valence-corrected chi connectivity index (χ0v) is 8.25. The molecule has 74 valence electrons.